The smallest absolute Gasteiger partial charge is 0.163 e. The van der Waals surface area contributed by atoms with Gasteiger partial charge in [0.2, 0.25) is 0 Å². The van der Waals surface area contributed by atoms with Crippen LogP contribution in [0.25, 0.3) is 11.3 Å². The third-order valence-electron chi connectivity index (χ3n) is 3.22. The second-order valence-corrected chi connectivity index (χ2v) is 4.36. The molecule has 0 saturated heterocycles. The van der Waals surface area contributed by atoms with Gasteiger partial charge in [-0.25, -0.2) is 0 Å². The molecule has 2 aromatic rings. The number of rotatable bonds is 1. The quantitative estimate of drug-likeness (QED) is 0.742. The molecule has 1 aliphatic carbocycles. The van der Waals surface area contributed by atoms with Gasteiger partial charge in [0, 0.05) is 23.7 Å². The van der Waals surface area contributed by atoms with Crippen LogP contribution in [0.15, 0.2) is 42.6 Å². The molecule has 0 amide bonds. The summed E-state index contributed by atoms with van der Waals surface area (Å²) in [5, 5.41) is 0. The first-order valence-corrected chi connectivity index (χ1v) is 5.92. The molecular formula is C15H13NO. The van der Waals surface area contributed by atoms with Crippen LogP contribution in [0.5, 0.6) is 0 Å². The normalized spacial score (nSPS) is 14.5. The summed E-state index contributed by atoms with van der Waals surface area (Å²) in [5.74, 6) is 0.277. The second-order valence-electron chi connectivity index (χ2n) is 4.36. The number of hydrogen-bond donors (Lipinski definition) is 0. The van der Waals surface area contributed by atoms with Crippen molar-refractivity contribution in [3.05, 3.63) is 53.7 Å². The third-order valence-corrected chi connectivity index (χ3v) is 3.22. The minimum absolute atomic E-state index is 0.277. The van der Waals surface area contributed by atoms with E-state index in [0.29, 0.717) is 6.42 Å². The van der Waals surface area contributed by atoms with E-state index in [1.165, 1.54) is 5.56 Å². The third kappa shape index (κ3) is 1.86. The van der Waals surface area contributed by atoms with Gasteiger partial charge in [-0.05, 0) is 36.6 Å². The fourth-order valence-electron chi connectivity index (χ4n) is 2.34. The van der Waals surface area contributed by atoms with Gasteiger partial charge in [0.05, 0.1) is 5.69 Å². The highest BCUT2D eigenvalue weighted by molar-refractivity contribution is 5.98. The largest absolute Gasteiger partial charge is 0.294 e. The Bertz CT molecular complexity index is 560. The molecule has 0 N–H and O–H groups in total. The molecule has 2 nitrogen and oxygen atoms in total. The van der Waals surface area contributed by atoms with E-state index in [9.17, 15) is 4.79 Å². The summed E-state index contributed by atoms with van der Waals surface area (Å²) in [6.45, 7) is 0. The highest BCUT2D eigenvalue weighted by Gasteiger charge is 2.17. The average Bonchev–Trinajstić information content (AvgIpc) is 2.40. The number of ketones is 1. The van der Waals surface area contributed by atoms with Gasteiger partial charge in [-0.1, -0.05) is 18.2 Å². The average molecular weight is 223 g/mol. The lowest BCUT2D eigenvalue weighted by atomic mass is 9.89. The number of nitrogens with zero attached hydrogens (tertiary/aromatic N) is 1. The Balaban J connectivity index is 2.07. The van der Waals surface area contributed by atoms with E-state index in [2.05, 4.69) is 11.1 Å². The highest BCUT2D eigenvalue weighted by Crippen LogP contribution is 2.26. The van der Waals surface area contributed by atoms with E-state index in [1.807, 2.05) is 30.3 Å². The summed E-state index contributed by atoms with van der Waals surface area (Å²) < 4.78 is 0. The zero-order valence-corrected chi connectivity index (χ0v) is 9.52. The lowest BCUT2D eigenvalue weighted by molar-refractivity contribution is 0.0972. The Hall–Kier alpha value is -1.96. The van der Waals surface area contributed by atoms with Gasteiger partial charge in [-0.15, -0.1) is 0 Å². The van der Waals surface area contributed by atoms with Crippen LogP contribution in [0.3, 0.4) is 0 Å². The zero-order valence-electron chi connectivity index (χ0n) is 9.52. The fraction of sp³-hybridized carbons (Fsp3) is 0.200. The SMILES string of the molecule is O=C1CCCc2cc(-c3ccccn3)ccc21. The standard InChI is InChI=1S/C15H13NO/c17-15-6-3-4-11-10-12(7-8-13(11)15)14-5-1-2-9-16-14/h1-2,5,7-10H,3-4,6H2. The van der Waals surface area contributed by atoms with Crippen LogP contribution >= 0.6 is 0 Å². The van der Waals surface area contributed by atoms with Crippen molar-refractivity contribution >= 4 is 5.78 Å². The van der Waals surface area contributed by atoms with Crippen LogP contribution < -0.4 is 0 Å². The lowest BCUT2D eigenvalue weighted by Crippen LogP contribution is -2.10. The fourth-order valence-corrected chi connectivity index (χ4v) is 2.34. The maximum atomic E-state index is 11.7. The van der Waals surface area contributed by atoms with Gasteiger partial charge in [0.1, 0.15) is 0 Å². The molecular weight excluding hydrogens is 210 g/mol. The van der Waals surface area contributed by atoms with Crippen LogP contribution in [0.4, 0.5) is 0 Å². The van der Waals surface area contributed by atoms with Crippen molar-refractivity contribution in [1.29, 1.82) is 0 Å². The molecule has 0 fully saturated rings. The van der Waals surface area contributed by atoms with Gasteiger partial charge in [0.25, 0.3) is 0 Å². The molecule has 0 saturated carbocycles. The molecule has 0 aliphatic heterocycles. The molecule has 1 aliphatic rings. The summed E-state index contributed by atoms with van der Waals surface area (Å²) >= 11 is 0. The molecule has 84 valence electrons. The van der Waals surface area contributed by atoms with Crippen LogP contribution in [0.1, 0.15) is 28.8 Å². The number of aryl methyl sites for hydroxylation is 1. The van der Waals surface area contributed by atoms with E-state index in [-0.39, 0.29) is 5.78 Å². The van der Waals surface area contributed by atoms with E-state index in [0.717, 1.165) is 29.7 Å². The highest BCUT2D eigenvalue weighted by atomic mass is 16.1. The van der Waals surface area contributed by atoms with Crippen LogP contribution in [0.2, 0.25) is 0 Å². The molecule has 17 heavy (non-hydrogen) atoms. The van der Waals surface area contributed by atoms with Gasteiger partial charge in [-0.3, -0.25) is 9.78 Å². The molecule has 0 radical (unpaired) electrons. The van der Waals surface area contributed by atoms with Crippen molar-refractivity contribution in [3.63, 3.8) is 0 Å². The monoisotopic (exact) mass is 223 g/mol. The molecule has 0 bridgehead atoms. The first kappa shape index (κ1) is 10.2. The number of fused-ring (bicyclic) bond motifs is 1. The molecule has 0 atom stereocenters. The second kappa shape index (κ2) is 4.13. The van der Waals surface area contributed by atoms with Crippen LogP contribution in [-0.4, -0.2) is 10.8 Å². The summed E-state index contributed by atoms with van der Waals surface area (Å²) in [5.41, 5.74) is 4.13. The minimum atomic E-state index is 0.277. The predicted molar refractivity (Wildman–Crippen MR) is 66.9 cm³/mol. The summed E-state index contributed by atoms with van der Waals surface area (Å²) in [4.78, 5) is 16.0. The number of aromatic nitrogens is 1. The number of carbonyl (C=O) groups is 1. The molecule has 1 aromatic carbocycles. The molecule has 1 heterocycles. The number of Topliss-reactive ketones (excluding diaryl/α,β-unsaturated/α-hetero) is 1. The van der Waals surface area contributed by atoms with Gasteiger partial charge in [-0.2, -0.15) is 0 Å². The van der Waals surface area contributed by atoms with E-state index >= 15 is 0 Å². The van der Waals surface area contributed by atoms with Crippen molar-refractivity contribution in [2.45, 2.75) is 19.3 Å². The maximum absolute atomic E-state index is 11.7. The molecule has 1 aromatic heterocycles. The first-order valence-electron chi connectivity index (χ1n) is 5.92. The molecule has 0 spiro atoms. The Kier molecular flexibility index (Phi) is 2.48. The van der Waals surface area contributed by atoms with Crippen LogP contribution in [-0.2, 0) is 6.42 Å². The number of benzene rings is 1. The Morgan fingerprint density at radius 2 is 2.00 bits per heavy atom. The number of pyridine rings is 1. The lowest BCUT2D eigenvalue weighted by Gasteiger charge is -2.15. The van der Waals surface area contributed by atoms with Crippen molar-refractivity contribution in [1.82, 2.24) is 4.98 Å². The first-order chi connectivity index (χ1) is 8.34. The van der Waals surface area contributed by atoms with E-state index in [4.69, 9.17) is 0 Å². The van der Waals surface area contributed by atoms with Crippen molar-refractivity contribution in [2.75, 3.05) is 0 Å². The Labute approximate surface area is 100 Å². The van der Waals surface area contributed by atoms with Crippen molar-refractivity contribution in [3.8, 4) is 11.3 Å². The summed E-state index contributed by atoms with van der Waals surface area (Å²) in [6, 6.07) is 11.9. The number of carbonyl (C=O) groups excluding carboxylic acids is 1. The summed E-state index contributed by atoms with van der Waals surface area (Å²) in [6.07, 6.45) is 4.45. The Morgan fingerprint density at radius 3 is 2.82 bits per heavy atom. The van der Waals surface area contributed by atoms with E-state index in [1.54, 1.807) is 6.20 Å². The number of hydrogen-bond acceptors (Lipinski definition) is 2. The van der Waals surface area contributed by atoms with Gasteiger partial charge < -0.3 is 0 Å². The van der Waals surface area contributed by atoms with Crippen LogP contribution in [0, 0.1) is 0 Å². The predicted octanol–water partition coefficient (Wildman–Crippen LogP) is 3.27. The summed E-state index contributed by atoms with van der Waals surface area (Å²) in [7, 11) is 0. The zero-order chi connectivity index (χ0) is 11.7. The van der Waals surface area contributed by atoms with Crippen molar-refractivity contribution in [2.24, 2.45) is 0 Å². The molecule has 0 unspecified atom stereocenters. The molecule has 3 rings (SSSR count). The molecule has 2 heteroatoms. The maximum Gasteiger partial charge on any atom is 0.163 e. The van der Waals surface area contributed by atoms with Crippen molar-refractivity contribution < 1.29 is 4.79 Å². The Morgan fingerprint density at radius 1 is 1.06 bits per heavy atom. The van der Waals surface area contributed by atoms with E-state index < -0.39 is 0 Å². The minimum Gasteiger partial charge on any atom is -0.294 e. The van der Waals surface area contributed by atoms with Gasteiger partial charge in [0.15, 0.2) is 5.78 Å². The topological polar surface area (TPSA) is 30.0 Å². The van der Waals surface area contributed by atoms with Gasteiger partial charge >= 0.3 is 0 Å².